The van der Waals surface area contributed by atoms with Crippen LogP contribution < -0.4 is 15.8 Å². The molecule has 14 nitrogen and oxygen atoms in total. The molecule has 0 bridgehead atoms. The van der Waals surface area contributed by atoms with E-state index in [0.29, 0.717) is 41.7 Å². The summed E-state index contributed by atoms with van der Waals surface area (Å²) in [6.07, 6.45) is 9.42. The van der Waals surface area contributed by atoms with Crippen molar-refractivity contribution in [2.24, 2.45) is 11.8 Å². The lowest BCUT2D eigenvalue weighted by molar-refractivity contribution is -0.154. The maximum atomic E-state index is 15.7. The molecular formula is C23H29ClFN11O3. The number of amides is 2. The average molecular weight is 562 g/mol. The number of hydroxylamine groups is 2. The number of fused-ring (bicyclic) bond motifs is 1. The van der Waals surface area contributed by atoms with Gasteiger partial charge in [0.25, 0.3) is 0 Å². The van der Waals surface area contributed by atoms with E-state index in [4.69, 9.17) is 11.6 Å². The minimum Gasteiger partial charge on any atom is -0.349 e. The van der Waals surface area contributed by atoms with Crippen molar-refractivity contribution < 1.29 is 19.2 Å². The molecule has 5 rings (SSSR count). The van der Waals surface area contributed by atoms with Crippen molar-refractivity contribution in [3.8, 4) is 0 Å². The highest BCUT2D eigenvalue weighted by molar-refractivity contribution is 6.28. The largest absolute Gasteiger partial charge is 0.349 e. The lowest BCUT2D eigenvalue weighted by Crippen LogP contribution is -2.41. The van der Waals surface area contributed by atoms with Crippen molar-refractivity contribution in [1.82, 2.24) is 45.4 Å². The van der Waals surface area contributed by atoms with Crippen LogP contribution in [0.1, 0.15) is 44.9 Å². The van der Waals surface area contributed by atoms with Crippen LogP contribution in [0.2, 0.25) is 5.28 Å². The van der Waals surface area contributed by atoms with Crippen LogP contribution in [0.5, 0.6) is 0 Å². The second-order valence-electron chi connectivity index (χ2n) is 9.90. The highest BCUT2D eigenvalue weighted by Crippen LogP contribution is 2.32. The van der Waals surface area contributed by atoms with Crippen LogP contribution in [0.3, 0.4) is 0 Å². The summed E-state index contributed by atoms with van der Waals surface area (Å²) in [5.41, 5.74) is 6.13. The molecule has 16 heteroatoms. The Kier molecular flexibility index (Phi) is 8.26. The van der Waals surface area contributed by atoms with Crippen LogP contribution >= 0.6 is 11.6 Å². The zero-order chi connectivity index (χ0) is 27.4. The zero-order valence-electron chi connectivity index (χ0n) is 21.1. The Labute approximate surface area is 227 Å². The van der Waals surface area contributed by atoms with Gasteiger partial charge in [0.2, 0.25) is 23.4 Å². The van der Waals surface area contributed by atoms with Gasteiger partial charge in [0.05, 0.1) is 31.2 Å². The number of hydrogen-bond donors (Lipinski definition) is 3. The first-order chi connectivity index (χ1) is 18.9. The van der Waals surface area contributed by atoms with Crippen LogP contribution in [-0.4, -0.2) is 76.6 Å². The van der Waals surface area contributed by atoms with E-state index in [1.807, 2.05) is 0 Å². The summed E-state index contributed by atoms with van der Waals surface area (Å²) in [5, 5.41) is 18.2. The molecule has 0 radical (unpaired) electrons. The molecule has 1 saturated carbocycles. The maximum absolute atomic E-state index is 15.7. The number of carbonyl (C=O) groups excluding carboxylic acids is 2. The first-order valence-electron chi connectivity index (χ1n) is 12.9. The third-order valence-electron chi connectivity index (χ3n) is 7.31. The fraction of sp³-hybridized carbons (Fsp3) is 0.565. The van der Waals surface area contributed by atoms with Gasteiger partial charge < -0.3 is 4.90 Å². The van der Waals surface area contributed by atoms with Crippen LogP contribution in [0.4, 0.5) is 16.0 Å². The van der Waals surface area contributed by atoms with Gasteiger partial charge in [-0.2, -0.15) is 14.4 Å². The molecular weight excluding hydrogens is 533 g/mol. The summed E-state index contributed by atoms with van der Waals surface area (Å²) >= 11 is 6.16. The monoisotopic (exact) mass is 561 g/mol. The SMILES string of the molecule is O=CN(O)C[C@H](CC1CCCC1)C(=O)NNc1nc(Cl)nc(N2CCC[C@H]2Cn2nnc3cncnc32)c1F. The van der Waals surface area contributed by atoms with Crippen molar-refractivity contribution in [3.05, 3.63) is 23.6 Å². The van der Waals surface area contributed by atoms with Gasteiger partial charge >= 0.3 is 0 Å². The molecule has 0 spiro atoms. The molecule has 3 aromatic heterocycles. The van der Waals surface area contributed by atoms with Crippen molar-refractivity contribution in [1.29, 1.82) is 0 Å². The number of hydrazine groups is 1. The predicted octanol–water partition coefficient (Wildman–Crippen LogP) is 1.96. The number of halogens is 2. The maximum Gasteiger partial charge on any atom is 0.243 e. The Hall–Kier alpha value is -3.72. The fourth-order valence-electron chi connectivity index (χ4n) is 5.44. The minimum atomic E-state index is -0.776. The van der Waals surface area contributed by atoms with E-state index in [1.165, 1.54) is 6.33 Å². The Morgan fingerprint density at radius 1 is 1.28 bits per heavy atom. The topological polar surface area (TPSA) is 167 Å². The Balaban J connectivity index is 1.30. The highest BCUT2D eigenvalue weighted by Gasteiger charge is 2.32. The number of nitrogens with one attached hydrogen (secondary N) is 2. The number of rotatable bonds is 11. The van der Waals surface area contributed by atoms with E-state index >= 15 is 4.39 Å². The van der Waals surface area contributed by atoms with Gasteiger partial charge in [-0.3, -0.25) is 25.6 Å². The Morgan fingerprint density at radius 3 is 2.90 bits per heavy atom. The third kappa shape index (κ3) is 6.14. The first-order valence-corrected chi connectivity index (χ1v) is 13.3. The molecule has 208 valence electrons. The van der Waals surface area contributed by atoms with Gasteiger partial charge in [-0.05, 0) is 36.8 Å². The van der Waals surface area contributed by atoms with Gasteiger partial charge in [-0.1, -0.05) is 30.9 Å². The van der Waals surface area contributed by atoms with Crippen molar-refractivity contribution >= 4 is 46.7 Å². The molecule has 4 heterocycles. The summed E-state index contributed by atoms with van der Waals surface area (Å²) in [7, 11) is 0. The van der Waals surface area contributed by atoms with E-state index in [2.05, 4.69) is 41.1 Å². The Bertz CT molecular complexity index is 1320. The molecule has 1 saturated heterocycles. The fourth-order valence-corrected chi connectivity index (χ4v) is 5.61. The molecule has 1 aliphatic carbocycles. The zero-order valence-corrected chi connectivity index (χ0v) is 21.8. The summed E-state index contributed by atoms with van der Waals surface area (Å²) in [6, 6.07) is -0.164. The molecule has 2 fully saturated rings. The van der Waals surface area contributed by atoms with Gasteiger partial charge in [-0.15, -0.1) is 5.10 Å². The second-order valence-corrected chi connectivity index (χ2v) is 10.2. The highest BCUT2D eigenvalue weighted by atomic mass is 35.5. The molecule has 2 amide bonds. The molecule has 0 unspecified atom stereocenters. The lowest BCUT2D eigenvalue weighted by atomic mass is 9.92. The second kappa shape index (κ2) is 12.0. The van der Waals surface area contributed by atoms with Crippen LogP contribution in [0.15, 0.2) is 12.5 Å². The molecule has 3 aromatic rings. The predicted molar refractivity (Wildman–Crippen MR) is 137 cm³/mol. The van der Waals surface area contributed by atoms with Crippen LogP contribution in [0.25, 0.3) is 11.2 Å². The number of hydrogen-bond acceptors (Lipinski definition) is 11. The smallest absolute Gasteiger partial charge is 0.243 e. The van der Waals surface area contributed by atoms with Crippen molar-refractivity contribution in [2.45, 2.75) is 57.5 Å². The van der Waals surface area contributed by atoms with Gasteiger partial charge in [0.15, 0.2) is 22.8 Å². The molecule has 2 atom stereocenters. The quantitative estimate of drug-likeness (QED) is 0.135. The first kappa shape index (κ1) is 26.9. The number of carbonyl (C=O) groups is 2. The van der Waals surface area contributed by atoms with E-state index < -0.39 is 17.6 Å². The van der Waals surface area contributed by atoms with E-state index in [0.717, 1.165) is 38.5 Å². The minimum absolute atomic E-state index is 0.00158. The summed E-state index contributed by atoms with van der Waals surface area (Å²) in [5.74, 6) is -1.95. The van der Waals surface area contributed by atoms with E-state index in [1.54, 1.807) is 15.8 Å². The lowest BCUT2D eigenvalue weighted by Gasteiger charge is -2.26. The molecule has 39 heavy (non-hydrogen) atoms. The molecule has 1 aliphatic heterocycles. The molecule has 0 aromatic carbocycles. The molecule has 2 aliphatic rings. The number of anilines is 2. The number of aromatic nitrogens is 7. The molecule has 3 N–H and O–H groups in total. The Morgan fingerprint density at radius 2 is 2.10 bits per heavy atom. The summed E-state index contributed by atoms with van der Waals surface area (Å²) in [4.78, 5) is 42.0. The van der Waals surface area contributed by atoms with Crippen LogP contribution in [-0.2, 0) is 16.1 Å². The van der Waals surface area contributed by atoms with Crippen LogP contribution in [0, 0.1) is 17.7 Å². The average Bonchev–Trinajstić information content (AvgIpc) is 3.71. The van der Waals surface area contributed by atoms with E-state index in [-0.39, 0.29) is 35.9 Å². The van der Waals surface area contributed by atoms with Crippen molar-refractivity contribution in [3.63, 3.8) is 0 Å². The van der Waals surface area contributed by atoms with Gasteiger partial charge in [0, 0.05) is 6.54 Å². The van der Waals surface area contributed by atoms with E-state index in [9.17, 15) is 14.8 Å². The number of nitrogens with zero attached hydrogens (tertiary/aromatic N) is 9. The third-order valence-corrected chi connectivity index (χ3v) is 7.48. The van der Waals surface area contributed by atoms with Gasteiger partial charge in [0.1, 0.15) is 6.33 Å². The van der Waals surface area contributed by atoms with Crippen molar-refractivity contribution in [2.75, 3.05) is 23.4 Å². The standard InChI is InChI=1S/C23H29ClFN11O3/c24-23-28-19(31-32-22(38)15(10-34(39)13-37)8-14-4-1-2-5-14)18(25)21(29-23)35-7-3-6-16(35)11-36-20-17(30-33-36)9-26-12-27-20/h9,12-16,39H,1-8,10-11H2,(H,32,38)(H,28,29,31)/t15-,16-/m0/s1. The normalized spacial score (nSPS) is 18.4. The summed E-state index contributed by atoms with van der Waals surface area (Å²) in [6.45, 7) is 0.748. The summed E-state index contributed by atoms with van der Waals surface area (Å²) < 4.78 is 17.3. The van der Waals surface area contributed by atoms with Gasteiger partial charge in [-0.25, -0.2) is 19.7 Å².